The fourth-order valence-corrected chi connectivity index (χ4v) is 3.07. The molecular weight excluding hydrogens is 389 g/mol. The van der Waals surface area contributed by atoms with Gasteiger partial charge in [-0.2, -0.15) is 0 Å². The monoisotopic (exact) mass is 407 g/mol. The second kappa shape index (κ2) is 8.28. The first-order valence-electron chi connectivity index (χ1n) is 9.36. The number of hydrogen-bond acceptors (Lipinski definition) is 6. The highest BCUT2D eigenvalue weighted by molar-refractivity contribution is 5.77. The van der Waals surface area contributed by atoms with Gasteiger partial charge in [0.15, 0.2) is 5.76 Å². The van der Waals surface area contributed by atoms with Gasteiger partial charge in [-0.3, -0.25) is 9.59 Å². The zero-order valence-corrected chi connectivity index (χ0v) is 16.1. The molecule has 30 heavy (non-hydrogen) atoms. The first-order chi connectivity index (χ1) is 14.5. The first kappa shape index (κ1) is 19.5. The van der Waals surface area contributed by atoms with Gasteiger partial charge in [-0.25, -0.2) is 9.37 Å². The minimum absolute atomic E-state index is 0.0446. The van der Waals surface area contributed by atoms with Gasteiger partial charge in [-0.15, -0.1) is 0 Å². The molecule has 0 fully saturated rings. The van der Waals surface area contributed by atoms with Crippen molar-refractivity contribution in [2.45, 2.75) is 26.4 Å². The number of aryl methyl sites for hydroxylation is 1. The summed E-state index contributed by atoms with van der Waals surface area (Å²) in [5.41, 5.74) is 2.23. The van der Waals surface area contributed by atoms with E-state index in [9.17, 15) is 14.0 Å². The Hall–Kier alpha value is -3.81. The molecule has 8 heteroatoms. The number of esters is 1. The van der Waals surface area contributed by atoms with Crippen molar-refractivity contribution in [2.75, 3.05) is 0 Å². The maximum absolute atomic E-state index is 13.1. The molecule has 4 aromatic rings. The summed E-state index contributed by atoms with van der Waals surface area (Å²) in [4.78, 5) is 31.3. The zero-order chi connectivity index (χ0) is 21.1. The van der Waals surface area contributed by atoms with Gasteiger partial charge in [-0.1, -0.05) is 17.3 Å². The van der Waals surface area contributed by atoms with Crippen LogP contribution in [-0.4, -0.2) is 21.1 Å². The molecule has 1 N–H and O–H groups in total. The molecule has 152 valence electrons. The minimum atomic E-state index is -0.448. The van der Waals surface area contributed by atoms with Crippen LogP contribution in [0.25, 0.3) is 22.2 Å². The number of hydrogen-bond donors (Lipinski definition) is 1. The Morgan fingerprint density at radius 2 is 1.93 bits per heavy atom. The molecule has 2 aromatic heterocycles. The molecule has 0 bridgehead atoms. The highest BCUT2D eigenvalue weighted by atomic mass is 19.1. The van der Waals surface area contributed by atoms with Crippen molar-refractivity contribution in [3.63, 3.8) is 0 Å². The third-order valence-corrected chi connectivity index (χ3v) is 4.72. The topological polar surface area (TPSA) is 98.1 Å². The van der Waals surface area contributed by atoms with E-state index in [4.69, 9.17) is 9.26 Å². The largest absolute Gasteiger partial charge is 0.459 e. The van der Waals surface area contributed by atoms with Crippen molar-refractivity contribution >= 4 is 16.9 Å². The molecule has 2 heterocycles. The van der Waals surface area contributed by atoms with Crippen LogP contribution in [0.15, 0.2) is 57.8 Å². The van der Waals surface area contributed by atoms with Gasteiger partial charge < -0.3 is 14.2 Å². The Balaban J connectivity index is 1.36. The van der Waals surface area contributed by atoms with Crippen molar-refractivity contribution < 1.29 is 18.4 Å². The van der Waals surface area contributed by atoms with Crippen LogP contribution in [0, 0.1) is 12.7 Å². The third kappa shape index (κ3) is 4.12. The summed E-state index contributed by atoms with van der Waals surface area (Å²) in [5, 5.41) is 4.45. The number of nitrogens with zero attached hydrogens (tertiary/aromatic N) is 2. The molecule has 0 spiro atoms. The number of nitrogens with one attached hydrogen (secondary N) is 1. The van der Waals surface area contributed by atoms with Crippen LogP contribution in [0.3, 0.4) is 0 Å². The minimum Gasteiger partial charge on any atom is -0.459 e. The number of fused-ring (bicyclic) bond motifs is 1. The average molecular weight is 407 g/mol. The fraction of sp³-hybridized carbons (Fsp3) is 0.182. The predicted molar refractivity (Wildman–Crippen MR) is 107 cm³/mol. The van der Waals surface area contributed by atoms with Gasteiger partial charge in [0.25, 0.3) is 5.56 Å². The fourth-order valence-electron chi connectivity index (χ4n) is 3.07. The maximum Gasteiger partial charge on any atom is 0.306 e. The number of carbonyl (C=O) groups excluding carboxylic acids is 1. The molecule has 0 saturated carbocycles. The lowest BCUT2D eigenvalue weighted by Gasteiger charge is -2.04. The lowest BCUT2D eigenvalue weighted by Crippen LogP contribution is -2.14. The quantitative estimate of drug-likeness (QED) is 0.490. The molecular formula is C22H18FN3O4. The van der Waals surface area contributed by atoms with Gasteiger partial charge in [0.1, 0.15) is 23.9 Å². The zero-order valence-electron chi connectivity index (χ0n) is 16.1. The van der Waals surface area contributed by atoms with Crippen LogP contribution in [-0.2, 0) is 22.6 Å². The van der Waals surface area contributed by atoms with Gasteiger partial charge in [0, 0.05) is 17.5 Å². The number of para-hydroxylation sites is 1. The number of aromatic amines is 1. The van der Waals surface area contributed by atoms with E-state index in [0.29, 0.717) is 33.7 Å². The third-order valence-electron chi connectivity index (χ3n) is 4.72. The number of halogens is 1. The summed E-state index contributed by atoms with van der Waals surface area (Å²) in [6.07, 6.45) is 0.306. The van der Waals surface area contributed by atoms with Crippen molar-refractivity contribution in [1.29, 1.82) is 0 Å². The molecule has 0 saturated heterocycles. The highest BCUT2D eigenvalue weighted by Gasteiger charge is 2.16. The van der Waals surface area contributed by atoms with Crippen LogP contribution in [0.2, 0.25) is 0 Å². The van der Waals surface area contributed by atoms with Crippen molar-refractivity contribution in [2.24, 2.45) is 0 Å². The van der Waals surface area contributed by atoms with Crippen molar-refractivity contribution in [3.8, 4) is 11.3 Å². The summed E-state index contributed by atoms with van der Waals surface area (Å²) in [6.45, 7) is 1.75. The summed E-state index contributed by atoms with van der Waals surface area (Å²) in [5.74, 6) is 0.134. The van der Waals surface area contributed by atoms with E-state index >= 15 is 0 Å². The molecule has 0 aliphatic heterocycles. The molecule has 2 aromatic carbocycles. The SMILES string of the molecule is Cc1c(COC(=O)CCc2nc3ccccc3c(=O)[nH]2)noc1-c1ccc(F)cc1. The Morgan fingerprint density at radius 1 is 1.17 bits per heavy atom. The van der Waals surface area contributed by atoms with Gasteiger partial charge in [0.2, 0.25) is 0 Å². The molecule has 0 atom stereocenters. The highest BCUT2D eigenvalue weighted by Crippen LogP contribution is 2.26. The number of aromatic nitrogens is 3. The van der Waals surface area contributed by atoms with Crippen LogP contribution in [0.5, 0.6) is 0 Å². The van der Waals surface area contributed by atoms with Crippen molar-refractivity contribution in [1.82, 2.24) is 15.1 Å². The van der Waals surface area contributed by atoms with Crippen LogP contribution >= 0.6 is 0 Å². The lowest BCUT2D eigenvalue weighted by atomic mass is 10.1. The van der Waals surface area contributed by atoms with Gasteiger partial charge >= 0.3 is 5.97 Å². The van der Waals surface area contributed by atoms with Gasteiger partial charge in [-0.05, 0) is 43.3 Å². The van der Waals surface area contributed by atoms with E-state index in [-0.39, 0.29) is 30.8 Å². The molecule has 0 amide bonds. The second-order valence-electron chi connectivity index (χ2n) is 6.78. The number of rotatable bonds is 6. The number of H-pyrrole nitrogens is 1. The van der Waals surface area contributed by atoms with E-state index in [1.165, 1.54) is 12.1 Å². The second-order valence-corrected chi connectivity index (χ2v) is 6.78. The van der Waals surface area contributed by atoms with Crippen molar-refractivity contribution in [3.05, 3.63) is 81.8 Å². The van der Waals surface area contributed by atoms with E-state index in [2.05, 4.69) is 15.1 Å². The number of benzene rings is 2. The Morgan fingerprint density at radius 3 is 2.73 bits per heavy atom. The summed E-state index contributed by atoms with van der Waals surface area (Å²) in [7, 11) is 0. The maximum atomic E-state index is 13.1. The molecule has 4 rings (SSSR count). The summed E-state index contributed by atoms with van der Waals surface area (Å²) < 4.78 is 23.7. The average Bonchev–Trinajstić information content (AvgIpc) is 3.12. The van der Waals surface area contributed by atoms with E-state index in [1.807, 2.05) is 0 Å². The Bertz CT molecular complexity index is 1260. The predicted octanol–water partition coefficient (Wildman–Crippen LogP) is 3.70. The lowest BCUT2D eigenvalue weighted by molar-refractivity contribution is -0.145. The molecule has 0 radical (unpaired) electrons. The Labute approximate surface area is 170 Å². The van der Waals surface area contributed by atoms with Gasteiger partial charge in [0.05, 0.1) is 17.3 Å². The number of carbonyl (C=O) groups is 1. The first-order valence-corrected chi connectivity index (χ1v) is 9.36. The number of ether oxygens (including phenoxy) is 1. The van der Waals surface area contributed by atoms with Crippen LogP contribution in [0.1, 0.15) is 23.5 Å². The van der Waals surface area contributed by atoms with E-state index in [0.717, 1.165) is 5.56 Å². The normalized spacial score (nSPS) is 11.0. The van der Waals surface area contributed by atoms with Crippen LogP contribution < -0.4 is 5.56 Å². The Kier molecular flexibility index (Phi) is 5.38. The summed E-state index contributed by atoms with van der Waals surface area (Å²) >= 11 is 0. The molecule has 0 aliphatic rings. The van der Waals surface area contributed by atoms with Crippen LogP contribution in [0.4, 0.5) is 4.39 Å². The van der Waals surface area contributed by atoms with E-state index < -0.39 is 5.97 Å². The van der Waals surface area contributed by atoms with E-state index in [1.54, 1.807) is 43.3 Å². The molecule has 0 unspecified atom stereocenters. The standard InChI is InChI=1S/C22H18FN3O4/c1-13-18(26-30-21(13)14-6-8-15(23)9-7-14)12-29-20(27)11-10-19-24-17-5-3-2-4-16(17)22(28)25-19/h2-9H,10-12H2,1H3,(H,24,25,28). The summed E-state index contributed by atoms with van der Waals surface area (Å²) in [6, 6.07) is 12.9. The molecule has 0 aliphatic carbocycles. The molecule has 7 nitrogen and oxygen atoms in total. The smallest absolute Gasteiger partial charge is 0.306 e.